The van der Waals surface area contributed by atoms with Gasteiger partial charge >= 0.3 is 0 Å². The summed E-state index contributed by atoms with van der Waals surface area (Å²) in [6.45, 7) is 5.81. The predicted octanol–water partition coefficient (Wildman–Crippen LogP) is 4.06. The monoisotopic (exact) mass is 324 g/mol. The lowest BCUT2D eigenvalue weighted by Gasteiger charge is -2.19. The summed E-state index contributed by atoms with van der Waals surface area (Å²) in [7, 11) is 1.61. The van der Waals surface area contributed by atoms with Gasteiger partial charge < -0.3 is 14.3 Å². The van der Waals surface area contributed by atoms with Gasteiger partial charge in [0, 0.05) is 10.0 Å². The molecule has 0 spiro atoms. The fraction of sp³-hybridized carbons (Fsp3) is 0.333. The number of halogens is 1. The number of rotatable bonds is 3. The number of furan rings is 1. The summed E-state index contributed by atoms with van der Waals surface area (Å²) >= 11 is 3.51. The lowest BCUT2D eigenvalue weighted by atomic mass is 9.96. The number of benzene rings is 1. The van der Waals surface area contributed by atoms with Crippen molar-refractivity contribution in [2.75, 3.05) is 7.11 Å². The first-order chi connectivity index (χ1) is 8.97. The zero-order chi connectivity index (χ0) is 14.2. The number of methoxy groups -OCH3 is 1. The molecule has 4 heteroatoms. The molecule has 0 aliphatic rings. The van der Waals surface area contributed by atoms with E-state index in [1.165, 1.54) is 0 Å². The van der Waals surface area contributed by atoms with Crippen LogP contribution in [0.15, 0.2) is 27.3 Å². The first-order valence-corrected chi connectivity index (χ1v) is 6.82. The minimum atomic E-state index is -0.832. The van der Waals surface area contributed by atoms with E-state index in [-0.39, 0.29) is 0 Å². The van der Waals surface area contributed by atoms with E-state index in [9.17, 15) is 5.11 Å². The highest BCUT2D eigenvalue weighted by molar-refractivity contribution is 9.10. The molecule has 0 amide bonds. The van der Waals surface area contributed by atoms with E-state index in [1.807, 2.05) is 32.9 Å². The van der Waals surface area contributed by atoms with Gasteiger partial charge in [-0.1, -0.05) is 15.9 Å². The summed E-state index contributed by atoms with van der Waals surface area (Å²) in [5, 5.41) is 10.6. The van der Waals surface area contributed by atoms with Crippen molar-refractivity contribution in [1.82, 2.24) is 0 Å². The zero-order valence-electron chi connectivity index (χ0n) is 11.5. The van der Waals surface area contributed by atoms with Crippen molar-refractivity contribution in [3.8, 4) is 5.75 Å². The molecule has 0 radical (unpaired) electrons. The number of aryl methyl sites for hydroxylation is 2. The average molecular weight is 325 g/mol. The Balaban J connectivity index is 2.64. The van der Waals surface area contributed by atoms with Crippen molar-refractivity contribution < 1.29 is 14.3 Å². The molecule has 2 rings (SSSR count). The van der Waals surface area contributed by atoms with Gasteiger partial charge in [0.25, 0.3) is 0 Å². The van der Waals surface area contributed by atoms with Gasteiger partial charge in [0.05, 0.1) is 13.4 Å². The van der Waals surface area contributed by atoms with E-state index in [1.54, 1.807) is 13.4 Å². The third-order valence-electron chi connectivity index (χ3n) is 3.34. The van der Waals surface area contributed by atoms with E-state index in [4.69, 9.17) is 9.15 Å². The smallest absolute Gasteiger partial charge is 0.141 e. The summed E-state index contributed by atoms with van der Waals surface area (Å²) in [4.78, 5) is 0. The Hall–Kier alpha value is -1.26. The van der Waals surface area contributed by atoms with E-state index < -0.39 is 6.10 Å². The van der Waals surface area contributed by atoms with E-state index in [2.05, 4.69) is 15.9 Å². The van der Waals surface area contributed by atoms with Gasteiger partial charge in [-0.05, 0) is 49.6 Å². The van der Waals surface area contributed by atoms with Crippen LogP contribution in [0.3, 0.4) is 0 Å². The highest BCUT2D eigenvalue weighted by Gasteiger charge is 2.24. The molecule has 0 fully saturated rings. The van der Waals surface area contributed by atoms with Crippen molar-refractivity contribution in [3.05, 3.63) is 50.9 Å². The average Bonchev–Trinajstić information content (AvgIpc) is 2.79. The molecule has 1 unspecified atom stereocenters. The number of aliphatic hydroxyl groups excluding tert-OH is 1. The molecular formula is C15H17BrO3. The van der Waals surface area contributed by atoms with Crippen molar-refractivity contribution in [2.24, 2.45) is 0 Å². The van der Waals surface area contributed by atoms with Gasteiger partial charge in [-0.15, -0.1) is 0 Å². The quantitative estimate of drug-likeness (QED) is 0.925. The first-order valence-electron chi connectivity index (χ1n) is 6.03. The lowest BCUT2D eigenvalue weighted by molar-refractivity contribution is 0.183. The minimum absolute atomic E-state index is 0.555. The summed E-state index contributed by atoms with van der Waals surface area (Å²) in [5.41, 5.74) is 3.59. The number of aliphatic hydroxyl groups is 1. The largest absolute Gasteiger partial charge is 0.496 e. The Morgan fingerprint density at radius 2 is 1.95 bits per heavy atom. The highest BCUT2D eigenvalue weighted by atomic mass is 79.9. The molecule has 19 heavy (non-hydrogen) atoms. The molecule has 0 saturated heterocycles. The van der Waals surface area contributed by atoms with Crippen LogP contribution in [-0.4, -0.2) is 12.2 Å². The Kier molecular flexibility index (Phi) is 4.02. The molecule has 1 N–H and O–H groups in total. The van der Waals surface area contributed by atoms with Crippen LogP contribution >= 0.6 is 15.9 Å². The van der Waals surface area contributed by atoms with Gasteiger partial charge in [0.15, 0.2) is 0 Å². The molecule has 1 heterocycles. The molecule has 102 valence electrons. The summed E-state index contributed by atoms with van der Waals surface area (Å²) in [6.07, 6.45) is 0.752. The van der Waals surface area contributed by atoms with Gasteiger partial charge in [0.1, 0.15) is 17.6 Å². The van der Waals surface area contributed by atoms with Crippen molar-refractivity contribution in [1.29, 1.82) is 0 Å². The SMILES string of the molecule is COc1c(C)cc(Br)c(C)c1C(O)c1occc1C. The molecule has 3 nitrogen and oxygen atoms in total. The predicted molar refractivity (Wildman–Crippen MR) is 77.7 cm³/mol. The third kappa shape index (κ3) is 2.42. The lowest BCUT2D eigenvalue weighted by Crippen LogP contribution is -2.07. The Labute approximate surface area is 121 Å². The van der Waals surface area contributed by atoms with Crippen molar-refractivity contribution in [3.63, 3.8) is 0 Å². The van der Waals surface area contributed by atoms with E-state index in [0.717, 1.165) is 26.7 Å². The van der Waals surface area contributed by atoms with Gasteiger partial charge in [-0.25, -0.2) is 0 Å². The van der Waals surface area contributed by atoms with Gasteiger partial charge in [-0.2, -0.15) is 0 Å². The molecule has 0 aliphatic carbocycles. The topological polar surface area (TPSA) is 42.6 Å². The Morgan fingerprint density at radius 3 is 2.47 bits per heavy atom. The fourth-order valence-corrected chi connectivity index (χ4v) is 2.83. The van der Waals surface area contributed by atoms with E-state index in [0.29, 0.717) is 11.5 Å². The second-order valence-electron chi connectivity index (χ2n) is 4.62. The maximum atomic E-state index is 10.6. The van der Waals surface area contributed by atoms with Crippen LogP contribution in [0.25, 0.3) is 0 Å². The molecule has 2 aromatic rings. The summed E-state index contributed by atoms with van der Waals surface area (Å²) in [5.74, 6) is 1.25. The maximum absolute atomic E-state index is 10.6. The molecule has 0 saturated carbocycles. The summed E-state index contributed by atoms with van der Waals surface area (Å²) < 4.78 is 11.8. The van der Waals surface area contributed by atoms with Crippen LogP contribution in [0, 0.1) is 20.8 Å². The standard InChI is InChI=1S/C15H17BrO3/c1-8-5-6-19-15(8)13(17)12-10(3)11(16)7-9(2)14(12)18-4/h5-7,13,17H,1-4H3. The molecule has 0 aliphatic heterocycles. The third-order valence-corrected chi connectivity index (χ3v) is 4.16. The number of hydrogen-bond donors (Lipinski definition) is 1. The van der Waals surface area contributed by atoms with E-state index >= 15 is 0 Å². The molecular weight excluding hydrogens is 308 g/mol. The van der Waals surface area contributed by atoms with Crippen molar-refractivity contribution in [2.45, 2.75) is 26.9 Å². The molecule has 1 atom stereocenters. The van der Waals surface area contributed by atoms with Crippen LogP contribution in [0.2, 0.25) is 0 Å². The molecule has 1 aromatic carbocycles. The fourth-order valence-electron chi connectivity index (χ4n) is 2.27. The van der Waals surface area contributed by atoms with Crippen LogP contribution in [-0.2, 0) is 0 Å². The second-order valence-corrected chi connectivity index (χ2v) is 5.47. The van der Waals surface area contributed by atoms with Crippen LogP contribution in [0.1, 0.15) is 34.1 Å². The first kappa shape index (κ1) is 14.2. The van der Waals surface area contributed by atoms with Crippen molar-refractivity contribution >= 4 is 15.9 Å². The normalized spacial score (nSPS) is 12.5. The highest BCUT2D eigenvalue weighted by Crippen LogP contribution is 2.39. The van der Waals surface area contributed by atoms with Crippen LogP contribution in [0.4, 0.5) is 0 Å². The molecule has 0 bridgehead atoms. The van der Waals surface area contributed by atoms with Gasteiger partial charge in [0.2, 0.25) is 0 Å². The Morgan fingerprint density at radius 1 is 1.26 bits per heavy atom. The molecule has 1 aromatic heterocycles. The summed E-state index contributed by atoms with van der Waals surface area (Å²) in [6, 6.07) is 3.82. The second kappa shape index (κ2) is 5.39. The zero-order valence-corrected chi connectivity index (χ0v) is 13.0. The number of hydrogen-bond acceptors (Lipinski definition) is 3. The minimum Gasteiger partial charge on any atom is -0.496 e. The van der Waals surface area contributed by atoms with Crippen LogP contribution in [0.5, 0.6) is 5.75 Å². The van der Waals surface area contributed by atoms with Gasteiger partial charge in [-0.3, -0.25) is 0 Å². The Bertz CT molecular complexity index is 602. The number of ether oxygens (including phenoxy) is 1. The maximum Gasteiger partial charge on any atom is 0.141 e. The van der Waals surface area contributed by atoms with Crippen LogP contribution < -0.4 is 4.74 Å².